The smallest absolute Gasteiger partial charge is 0.236 e. The maximum atomic E-state index is 12.2. The van der Waals surface area contributed by atoms with Crippen molar-refractivity contribution in [3.05, 3.63) is 0 Å². The van der Waals surface area contributed by atoms with Crippen LogP contribution in [0.15, 0.2) is 0 Å². The van der Waals surface area contributed by atoms with Crippen LogP contribution < -0.4 is 5.32 Å². The van der Waals surface area contributed by atoms with Crippen molar-refractivity contribution in [1.29, 1.82) is 0 Å². The third-order valence-electron chi connectivity index (χ3n) is 6.24. The molecule has 4 aliphatic rings. The first-order valence-corrected chi connectivity index (χ1v) is 9.02. The Bertz CT molecular complexity index is 397. The molecule has 3 atom stereocenters. The van der Waals surface area contributed by atoms with Gasteiger partial charge in [0, 0.05) is 32.2 Å². The summed E-state index contributed by atoms with van der Waals surface area (Å²) in [5.41, 5.74) is 0. The van der Waals surface area contributed by atoms with Gasteiger partial charge in [0.25, 0.3) is 0 Å². The van der Waals surface area contributed by atoms with E-state index in [4.69, 9.17) is 0 Å². The highest BCUT2D eigenvalue weighted by atomic mass is 35.5. The second-order valence-electron chi connectivity index (χ2n) is 7.73. The summed E-state index contributed by atoms with van der Waals surface area (Å²) < 4.78 is 0. The number of halogens is 2. The lowest BCUT2D eigenvalue weighted by molar-refractivity contribution is -0.132. The molecule has 134 valence electrons. The highest BCUT2D eigenvalue weighted by molar-refractivity contribution is 5.85. The molecule has 3 unspecified atom stereocenters. The van der Waals surface area contributed by atoms with Crippen molar-refractivity contribution in [1.82, 2.24) is 15.1 Å². The molecule has 23 heavy (non-hydrogen) atoms. The lowest BCUT2D eigenvalue weighted by Crippen LogP contribution is -2.54. The Morgan fingerprint density at radius 3 is 2.26 bits per heavy atom. The van der Waals surface area contributed by atoms with Gasteiger partial charge in [-0.3, -0.25) is 9.69 Å². The van der Waals surface area contributed by atoms with Gasteiger partial charge in [-0.05, 0) is 56.4 Å². The van der Waals surface area contributed by atoms with E-state index >= 15 is 0 Å². The largest absolute Gasteiger partial charge is 0.339 e. The average Bonchev–Trinajstić information content (AvgIpc) is 3.09. The Labute approximate surface area is 152 Å². The van der Waals surface area contributed by atoms with Gasteiger partial charge in [0.1, 0.15) is 0 Å². The van der Waals surface area contributed by atoms with Gasteiger partial charge in [0.2, 0.25) is 5.91 Å². The van der Waals surface area contributed by atoms with E-state index in [9.17, 15) is 4.79 Å². The molecule has 4 rings (SSSR count). The third-order valence-corrected chi connectivity index (χ3v) is 6.24. The van der Waals surface area contributed by atoms with E-state index < -0.39 is 0 Å². The Balaban J connectivity index is 0.000000960. The number of nitrogens with zero attached hydrogens (tertiary/aromatic N) is 2. The zero-order chi connectivity index (χ0) is 14.2. The molecule has 0 aromatic rings. The summed E-state index contributed by atoms with van der Waals surface area (Å²) in [6, 6.07) is 0.842. The Morgan fingerprint density at radius 1 is 0.957 bits per heavy atom. The first-order valence-electron chi connectivity index (χ1n) is 9.02. The van der Waals surface area contributed by atoms with Crippen LogP contribution in [0.25, 0.3) is 0 Å². The third kappa shape index (κ3) is 4.53. The molecule has 4 nitrogen and oxygen atoms in total. The summed E-state index contributed by atoms with van der Waals surface area (Å²) in [5, 5.41) is 3.33. The molecule has 0 spiro atoms. The van der Waals surface area contributed by atoms with Gasteiger partial charge in [-0.2, -0.15) is 0 Å². The lowest BCUT2D eigenvalue weighted by atomic mass is 9.93. The van der Waals surface area contributed by atoms with Gasteiger partial charge >= 0.3 is 0 Å². The quantitative estimate of drug-likeness (QED) is 0.812. The molecule has 0 aromatic carbocycles. The number of amides is 1. The molecule has 2 bridgehead atoms. The van der Waals surface area contributed by atoms with Gasteiger partial charge in [-0.15, -0.1) is 24.8 Å². The molecule has 1 N–H and O–H groups in total. The SMILES string of the molecule is Cl.Cl.O=C(CNCC1CC1)N1CCN(C2CC3CCC2C3)CC1. The highest BCUT2D eigenvalue weighted by Gasteiger charge is 2.42. The first kappa shape index (κ1) is 19.3. The zero-order valence-corrected chi connectivity index (χ0v) is 15.5. The molecule has 0 aromatic heterocycles. The molecule has 6 heteroatoms. The molecule has 3 aliphatic carbocycles. The molecule has 1 saturated heterocycles. The number of rotatable bonds is 5. The van der Waals surface area contributed by atoms with Crippen LogP contribution in [0.3, 0.4) is 0 Å². The first-order chi connectivity index (χ1) is 10.3. The van der Waals surface area contributed by atoms with E-state index in [1.807, 2.05) is 0 Å². The molecule has 1 heterocycles. The van der Waals surface area contributed by atoms with Gasteiger partial charge in [-0.1, -0.05) is 6.42 Å². The number of carbonyl (C=O) groups is 1. The van der Waals surface area contributed by atoms with Crippen molar-refractivity contribution >= 4 is 30.7 Å². The topological polar surface area (TPSA) is 35.6 Å². The number of nitrogens with one attached hydrogen (secondary N) is 1. The summed E-state index contributed by atoms with van der Waals surface area (Å²) in [6.45, 7) is 5.67. The molecular weight excluding hydrogens is 333 g/mol. The summed E-state index contributed by atoms with van der Waals surface area (Å²) >= 11 is 0. The standard InChI is InChI=1S/C17H29N3O.2ClH/c21-17(12-18-11-13-1-2-13)20-7-5-19(6-8-20)16-10-14-3-4-15(16)9-14;;/h13-16,18H,1-12H2;2*1H. The fraction of sp³-hybridized carbons (Fsp3) is 0.941. The van der Waals surface area contributed by atoms with E-state index in [1.54, 1.807) is 0 Å². The van der Waals surface area contributed by atoms with E-state index in [1.165, 1.54) is 38.5 Å². The molecule has 0 radical (unpaired) electrons. The fourth-order valence-electron chi connectivity index (χ4n) is 4.78. The van der Waals surface area contributed by atoms with Gasteiger partial charge in [0.15, 0.2) is 0 Å². The average molecular weight is 364 g/mol. The molecule has 4 fully saturated rings. The van der Waals surface area contributed by atoms with Crippen molar-refractivity contribution in [3.8, 4) is 0 Å². The van der Waals surface area contributed by atoms with Crippen LogP contribution in [0.2, 0.25) is 0 Å². The van der Waals surface area contributed by atoms with Gasteiger partial charge in [-0.25, -0.2) is 0 Å². The summed E-state index contributed by atoms with van der Waals surface area (Å²) in [5.74, 6) is 3.15. The number of piperazine rings is 1. The normalized spacial score (nSPS) is 33.2. The van der Waals surface area contributed by atoms with Crippen molar-refractivity contribution in [2.45, 2.75) is 44.6 Å². The minimum Gasteiger partial charge on any atom is -0.339 e. The van der Waals surface area contributed by atoms with Crippen molar-refractivity contribution in [2.24, 2.45) is 17.8 Å². The Morgan fingerprint density at radius 2 is 1.70 bits per heavy atom. The van der Waals surface area contributed by atoms with E-state index in [0.29, 0.717) is 12.5 Å². The summed E-state index contributed by atoms with van der Waals surface area (Å²) in [4.78, 5) is 17.0. The van der Waals surface area contributed by atoms with Crippen LogP contribution in [-0.2, 0) is 4.79 Å². The number of carbonyl (C=O) groups excluding carboxylic acids is 1. The van der Waals surface area contributed by atoms with Crippen molar-refractivity contribution in [3.63, 3.8) is 0 Å². The minimum atomic E-state index is 0. The molecule has 1 amide bonds. The van der Waals surface area contributed by atoms with Crippen molar-refractivity contribution < 1.29 is 4.79 Å². The van der Waals surface area contributed by atoms with E-state index in [0.717, 1.165) is 56.5 Å². The Kier molecular flexibility index (Phi) is 7.02. The molecule has 1 aliphatic heterocycles. The van der Waals surface area contributed by atoms with Crippen molar-refractivity contribution in [2.75, 3.05) is 39.3 Å². The second kappa shape index (κ2) is 8.37. The second-order valence-corrected chi connectivity index (χ2v) is 7.73. The Hall–Kier alpha value is -0.0300. The predicted octanol–water partition coefficient (Wildman–Crippen LogP) is 2.16. The van der Waals surface area contributed by atoms with Crippen LogP contribution in [0.5, 0.6) is 0 Å². The monoisotopic (exact) mass is 363 g/mol. The van der Waals surface area contributed by atoms with Crippen LogP contribution in [0.1, 0.15) is 38.5 Å². The minimum absolute atomic E-state index is 0. The fourth-order valence-corrected chi connectivity index (χ4v) is 4.78. The summed E-state index contributed by atoms with van der Waals surface area (Å²) in [6.07, 6.45) is 8.55. The van der Waals surface area contributed by atoms with Gasteiger partial charge < -0.3 is 10.2 Å². The van der Waals surface area contributed by atoms with Crippen LogP contribution in [0, 0.1) is 17.8 Å². The lowest BCUT2D eigenvalue weighted by Gasteiger charge is -2.41. The highest BCUT2D eigenvalue weighted by Crippen LogP contribution is 2.46. The number of hydrogen-bond acceptors (Lipinski definition) is 3. The van der Waals surface area contributed by atoms with Crippen LogP contribution in [-0.4, -0.2) is 61.0 Å². The van der Waals surface area contributed by atoms with Crippen LogP contribution in [0.4, 0.5) is 0 Å². The maximum Gasteiger partial charge on any atom is 0.236 e. The maximum absolute atomic E-state index is 12.2. The van der Waals surface area contributed by atoms with Gasteiger partial charge in [0.05, 0.1) is 6.54 Å². The number of fused-ring (bicyclic) bond motifs is 2. The van der Waals surface area contributed by atoms with E-state index in [-0.39, 0.29) is 24.8 Å². The molecule has 3 saturated carbocycles. The van der Waals surface area contributed by atoms with E-state index in [2.05, 4.69) is 15.1 Å². The van der Waals surface area contributed by atoms with Crippen LogP contribution >= 0.6 is 24.8 Å². The molecular formula is C17H31Cl2N3O. The number of hydrogen-bond donors (Lipinski definition) is 1. The predicted molar refractivity (Wildman–Crippen MR) is 97.5 cm³/mol. The summed E-state index contributed by atoms with van der Waals surface area (Å²) in [7, 11) is 0. The zero-order valence-electron chi connectivity index (χ0n) is 13.9.